The lowest BCUT2D eigenvalue weighted by Gasteiger charge is -2.46. The number of aliphatic hydroxyl groups excluding tert-OH is 2. The first kappa shape index (κ1) is 25.3. The molecule has 0 heterocycles. The third kappa shape index (κ3) is 6.14. The maximum absolute atomic E-state index is 11.0. The summed E-state index contributed by atoms with van der Waals surface area (Å²) in [6.45, 7) is 17.5. The maximum Gasteiger partial charge on any atom is 0.201 e. The van der Waals surface area contributed by atoms with Crippen LogP contribution in [-0.2, 0) is 15.8 Å². The molecule has 1 rings (SSSR count). The van der Waals surface area contributed by atoms with Gasteiger partial charge in [-0.2, -0.15) is 0 Å². The smallest absolute Gasteiger partial charge is 0.201 e. The van der Waals surface area contributed by atoms with Crippen LogP contribution in [0.25, 0.3) is 0 Å². The van der Waals surface area contributed by atoms with Gasteiger partial charge in [0.05, 0.1) is 31.5 Å². The topological polar surface area (TPSA) is 58.9 Å². The van der Waals surface area contributed by atoms with E-state index < -0.39 is 20.5 Å². The molecule has 0 saturated heterocycles. The first-order valence-corrected chi connectivity index (χ1v) is 12.8. The van der Waals surface area contributed by atoms with Crippen LogP contribution in [0.5, 0.6) is 0 Å². The summed E-state index contributed by atoms with van der Waals surface area (Å²) in [7, 11) is -2.19. The third-order valence-corrected chi connectivity index (χ3v) is 12.4. The predicted octanol–water partition coefficient (Wildman–Crippen LogP) is 5.14. The van der Waals surface area contributed by atoms with Crippen LogP contribution in [-0.4, -0.2) is 43.4 Å². The highest BCUT2D eigenvalue weighted by molar-refractivity contribution is 6.77. The molecule has 0 fully saturated rings. The summed E-state index contributed by atoms with van der Waals surface area (Å²) >= 11 is 0. The molecular formula is C23H42O4Si. The Morgan fingerprint density at radius 3 is 1.79 bits per heavy atom. The predicted molar refractivity (Wildman–Crippen MR) is 119 cm³/mol. The Kier molecular flexibility index (Phi) is 10.4. The first-order valence-electron chi connectivity index (χ1n) is 10.7. The number of aliphatic hydroxyl groups is 2. The Morgan fingerprint density at radius 2 is 1.36 bits per heavy atom. The summed E-state index contributed by atoms with van der Waals surface area (Å²) in [6.07, 6.45) is -1.52. The molecule has 4 nitrogen and oxygen atoms in total. The molecule has 0 aromatic heterocycles. The van der Waals surface area contributed by atoms with E-state index in [1.165, 1.54) is 0 Å². The van der Waals surface area contributed by atoms with Crippen LogP contribution in [0.15, 0.2) is 30.3 Å². The van der Waals surface area contributed by atoms with Gasteiger partial charge >= 0.3 is 0 Å². The van der Waals surface area contributed by atoms with Crippen molar-refractivity contribution in [2.75, 3.05) is 6.61 Å². The molecule has 0 radical (unpaired) electrons. The number of ether oxygens (including phenoxy) is 1. The van der Waals surface area contributed by atoms with Crippen molar-refractivity contribution in [2.45, 2.75) is 96.9 Å². The molecule has 1 aromatic rings. The van der Waals surface area contributed by atoms with Crippen LogP contribution < -0.4 is 0 Å². The summed E-state index contributed by atoms with van der Waals surface area (Å²) in [4.78, 5) is 0. The van der Waals surface area contributed by atoms with E-state index in [0.29, 0.717) is 23.2 Å². The van der Waals surface area contributed by atoms with Crippen molar-refractivity contribution in [1.82, 2.24) is 0 Å². The highest BCUT2D eigenvalue weighted by Crippen LogP contribution is 2.43. The van der Waals surface area contributed by atoms with Gasteiger partial charge in [-0.05, 0) is 29.1 Å². The average molecular weight is 411 g/mol. The third-order valence-electron chi connectivity index (χ3n) is 6.26. The van der Waals surface area contributed by atoms with Crippen LogP contribution >= 0.6 is 0 Å². The average Bonchev–Trinajstić information content (AvgIpc) is 2.65. The van der Waals surface area contributed by atoms with E-state index in [9.17, 15) is 10.2 Å². The Balaban J connectivity index is 2.85. The molecule has 0 aliphatic heterocycles. The molecule has 5 heteroatoms. The van der Waals surface area contributed by atoms with Crippen molar-refractivity contribution in [2.24, 2.45) is 5.92 Å². The van der Waals surface area contributed by atoms with Crippen molar-refractivity contribution in [3.05, 3.63) is 35.9 Å². The lowest BCUT2D eigenvalue weighted by Crippen LogP contribution is -2.54. The monoisotopic (exact) mass is 410 g/mol. The van der Waals surface area contributed by atoms with Gasteiger partial charge in [-0.25, -0.2) is 0 Å². The minimum Gasteiger partial charge on any atom is -0.408 e. The van der Waals surface area contributed by atoms with E-state index in [1.54, 1.807) is 0 Å². The zero-order valence-electron chi connectivity index (χ0n) is 19.1. The van der Waals surface area contributed by atoms with Crippen molar-refractivity contribution in [1.29, 1.82) is 0 Å². The zero-order valence-corrected chi connectivity index (χ0v) is 20.1. The van der Waals surface area contributed by atoms with Gasteiger partial charge in [0, 0.05) is 5.92 Å². The molecule has 162 valence electrons. The Hall–Kier alpha value is -0.723. The fraction of sp³-hybridized carbons (Fsp3) is 0.739. The summed E-state index contributed by atoms with van der Waals surface area (Å²) in [5.41, 5.74) is 2.30. The zero-order chi connectivity index (χ0) is 21.5. The number of hydrogen-bond acceptors (Lipinski definition) is 4. The van der Waals surface area contributed by atoms with Gasteiger partial charge in [0.15, 0.2) is 0 Å². The SMILES string of the molecule is CC(C)[Si](O[C@@H](CO)[C@H](O)[C@@H](C)[C@@H](C)OCc1ccccc1)(C(C)C)C(C)C. The number of rotatable bonds is 12. The van der Waals surface area contributed by atoms with E-state index in [0.717, 1.165) is 5.56 Å². The molecule has 4 atom stereocenters. The minimum atomic E-state index is -2.19. The van der Waals surface area contributed by atoms with E-state index in [1.807, 2.05) is 44.2 Å². The fourth-order valence-corrected chi connectivity index (χ4v) is 10.0. The summed E-state index contributed by atoms with van der Waals surface area (Å²) in [6, 6.07) is 10.0. The minimum absolute atomic E-state index is 0.152. The maximum atomic E-state index is 11.0. The van der Waals surface area contributed by atoms with Crippen LogP contribution in [0, 0.1) is 5.92 Å². The summed E-state index contributed by atoms with van der Waals surface area (Å²) in [5.74, 6) is -0.154. The van der Waals surface area contributed by atoms with Gasteiger partial charge in [-0.3, -0.25) is 0 Å². The Morgan fingerprint density at radius 1 is 0.857 bits per heavy atom. The first-order chi connectivity index (χ1) is 13.1. The van der Waals surface area contributed by atoms with E-state index in [-0.39, 0.29) is 18.6 Å². The highest BCUT2D eigenvalue weighted by atomic mass is 28.4. The molecule has 0 bridgehead atoms. The number of benzene rings is 1. The summed E-state index contributed by atoms with van der Waals surface area (Å²) < 4.78 is 12.6. The van der Waals surface area contributed by atoms with Crippen LogP contribution in [0.3, 0.4) is 0 Å². The second-order valence-corrected chi connectivity index (χ2v) is 14.4. The molecule has 1 aromatic carbocycles. The molecule has 2 N–H and O–H groups in total. The second kappa shape index (κ2) is 11.5. The molecule has 0 spiro atoms. The highest BCUT2D eigenvalue weighted by Gasteiger charge is 2.48. The molecule has 0 amide bonds. The molecular weight excluding hydrogens is 368 g/mol. The largest absolute Gasteiger partial charge is 0.408 e. The molecule has 0 saturated carbocycles. The van der Waals surface area contributed by atoms with Crippen molar-refractivity contribution >= 4 is 8.32 Å². The Bertz CT molecular complexity index is 525. The normalized spacial score (nSPS) is 17.2. The molecule has 28 heavy (non-hydrogen) atoms. The molecule has 0 aliphatic rings. The van der Waals surface area contributed by atoms with E-state index in [2.05, 4.69) is 41.5 Å². The standard InChI is InChI=1S/C23H42O4Si/c1-16(2)28(17(3)4,18(5)6)27-22(14-24)23(25)19(7)20(8)26-15-21-12-10-9-11-13-21/h9-13,16-20,22-25H,14-15H2,1-8H3/t19-,20+,22-,23+/m0/s1. The van der Waals surface area contributed by atoms with Crippen LogP contribution in [0.1, 0.15) is 61.0 Å². The fourth-order valence-electron chi connectivity index (χ4n) is 4.46. The van der Waals surface area contributed by atoms with E-state index in [4.69, 9.17) is 9.16 Å². The van der Waals surface area contributed by atoms with Gasteiger partial charge in [0.25, 0.3) is 0 Å². The second-order valence-electron chi connectivity index (χ2n) is 9.01. The summed E-state index contributed by atoms with van der Waals surface area (Å²) in [5, 5.41) is 21.1. The van der Waals surface area contributed by atoms with Gasteiger partial charge in [-0.1, -0.05) is 78.8 Å². The van der Waals surface area contributed by atoms with Gasteiger partial charge in [0.2, 0.25) is 8.32 Å². The number of hydrogen-bond donors (Lipinski definition) is 2. The molecule has 0 unspecified atom stereocenters. The Labute approximate surface area is 173 Å². The van der Waals surface area contributed by atoms with Gasteiger partial charge < -0.3 is 19.4 Å². The quantitative estimate of drug-likeness (QED) is 0.468. The van der Waals surface area contributed by atoms with Crippen molar-refractivity contribution < 1.29 is 19.4 Å². The van der Waals surface area contributed by atoms with Crippen LogP contribution in [0.2, 0.25) is 16.6 Å². The van der Waals surface area contributed by atoms with Gasteiger partial charge in [0.1, 0.15) is 0 Å². The van der Waals surface area contributed by atoms with Crippen molar-refractivity contribution in [3.8, 4) is 0 Å². The lowest BCUT2D eigenvalue weighted by molar-refractivity contribution is -0.0812. The van der Waals surface area contributed by atoms with Crippen LogP contribution in [0.4, 0.5) is 0 Å². The molecule has 0 aliphatic carbocycles. The lowest BCUT2D eigenvalue weighted by atomic mass is 9.95. The van der Waals surface area contributed by atoms with E-state index >= 15 is 0 Å². The van der Waals surface area contributed by atoms with Gasteiger partial charge in [-0.15, -0.1) is 0 Å². The van der Waals surface area contributed by atoms with Crippen molar-refractivity contribution in [3.63, 3.8) is 0 Å².